The first-order chi connectivity index (χ1) is 10.6. The van der Waals surface area contributed by atoms with Crippen LogP contribution < -0.4 is 5.56 Å². The zero-order chi connectivity index (χ0) is 15.3. The largest absolute Gasteiger partial charge is 0.309 e. The fourth-order valence-corrected chi connectivity index (χ4v) is 5.98. The summed E-state index contributed by atoms with van der Waals surface area (Å²) in [5.74, 6) is 1.98. The molecule has 2 aromatic heterocycles. The van der Waals surface area contributed by atoms with Crippen molar-refractivity contribution in [2.75, 3.05) is 12.3 Å². The summed E-state index contributed by atoms with van der Waals surface area (Å²) in [6.07, 6.45) is 3.33. The van der Waals surface area contributed by atoms with Gasteiger partial charge in [0.1, 0.15) is 10.7 Å². The molecular weight excluding hydrogens is 314 g/mol. The highest BCUT2D eigenvalue weighted by atomic mass is 32.2. The second kappa shape index (κ2) is 5.65. The van der Waals surface area contributed by atoms with Crippen LogP contribution in [-0.4, -0.2) is 38.5 Å². The van der Waals surface area contributed by atoms with Gasteiger partial charge in [0.25, 0.3) is 5.56 Å². The van der Waals surface area contributed by atoms with Crippen molar-refractivity contribution in [3.8, 4) is 0 Å². The standard InChI is InChI=1S/C16H21N3OS2/c1-9-10(2)21-7-6-19(9)8-13-17-15(20)14-11-4-3-5-12(11)22-16(14)18-13/h9-10H,3-8H2,1-2H3,(H,17,18,20). The van der Waals surface area contributed by atoms with Crippen LogP contribution in [0.2, 0.25) is 0 Å². The first-order valence-corrected chi connectivity index (χ1v) is 9.89. The third-order valence-corrected chi connectivity index (χ3v) is 7.52. The van der Waals surface area contributed by atoms with E-state index >= 15 is 0 Å². The average Bonchev–Trinajstić information content (AvgIpc) is 3.04. The van der Waals surface area contributed by atoms with E-state index in [0.29, 0.717) is 11.3 Å². The molecule has 2 aromatic rings. The number of nitrogens with zero attached hydrogens (tertiary/aromatic N) is 2. The molecule has 2 unspecified atom stereocenters. The predicted octanol–water partition coefficient (Wildman–Crippen LogP) is 2.80. The highest BCUT2D eigenvalue weighted by Gasteiger charge is 2.26. The highest BCUT2D eigenvalue weighted by molar-refractivity contribution is 8.00. The Labute approximate surface area is 138 Å². The van der Waals surface area contributed by atoms with Crippen molar-refractivity contribution in [1.29, 1.82) is 0 Å². The van der Waals surface area contributed by atoms with Gasteiger partial charge in [-0.3, -0.25) is 9.69 Å². The maximum Gasteiger partial charge on any atom is 0.259 e. The molecule has 0 amide bonds. The topological polar surface area (TPSA) is 49.0 Å². The summed E-state index contributed by atoms with van der Waals surface area (Å²) in [7, 11) is 0. The van der Waals surface area contributed by atoms with Crippen molar-refractivity contribution in [2.24, 2.45) is 0 Å². The molecular formula is C16H21N3OS2. The highest BCUT2D eigenvalue weighted by Crippen LogP contribution is 2.34. The number of fused-ring (bicyclic) bond motifs is 3. The molecule has 1 aliphatic heterocycles. The summed E-state index contributed by atoms with van der Waals surface area (Å²) >= 11 is 3.75. The third-order valence-electron chi connectivity index (χ3n) is 4.99. The SMILES string of the molecule is CC1SCCN(Cc2nc3sc4c(c3c(=O)[nH]2)CCC4)C1C. The van der Waals surface area contributed by atoms with Gasteiger partial charge >= 0.3 is 0 Å². The minimum atomic E-state index is 0.0616. The zero-order valence-corrected chi connectivity index (χ0v) is 14.6. The van der Waals surface area contributed by atoms with Crippen LogP contribution in [0.5, 0.6) is 0 Å². The lowest BCUT2D eigenvalue weighted by Gasteiger charge is -2.37. The van der Waals surface area contributed by atoms with E-state index in [4.69, 9.17) is 4.98 Å². The molecule has 2 aliphatic rings. The number of hydrogen-bond acceptors (Lipinski definition) is 5. The van der Waals surface area contributed by atoms with Gasteiger partial charge in [0.05, 0.1) is 11.9 Å². The minimum Gasteiger partial charge on any atom is -0.309 e. The van der Waals surface area contributed by atoms with Gasteiger partial charge in [0.2, 0.25) is 0 Å². The Bertz CT molecular complexity index is 767. The van der Waals surface area contributed by atoms with Crippen LogP contribution in [0.1, 0.15) is 36.5 Å². The molecule has 6 heteroatoms. The number of H-pyrrole nitrogens is 1. The van der Waals surface area contributed by atoms with Gasteiger partial charge in [0.15, 0.2) is 0 Å². The van der Waals surface area contributed by atoms with Gasteiger partial charge in [-0.1, -0.05) is 6.92 Å². The molecule has 1 N–H and O–H groups in total. The molecule has 1 fully saturated rings. The first-order valence-electron chi connectivity index (χ1n) is 8.02. The Morgan fingerprint density at radius 2 is 2.23 bits per heavy atom. The third kappa shape index (κ3) is 2.41. The smallest absolute Gasteiger partial charge is 0.259 e. The molecule has 22 heavy (non-hydrogen) atoms. The summed E-state index contributed by atoms with van der Waals surface area (Å²) in [4.78, 5) is 25.1. The normalized spacial score (nSPS) is 25.7. The van der Waals surface area contributed by atoms with Crippen molar-refractivity contribution < 1.29 is 0 Å². The predicted molar refractivity (Wildman–Crippen MR) is 94.1 cm³/mol. The quantitative estimate of drug-likeness (QED) is 0.917. The molecule has 4 nitrogen and oxygen atoms in total. The summed E-state index contributed by atoms with van der Waals surface area (Å²) in [6.45, 7) is 6.37. The number of aromatic nitrogens is 2. The van der Waals surface area contributed by atoms with Crippen LogP contribution in [-0.2, 0) is 19.4 Å². The van der Waals surface area contributed by atoms with Crippen molar-refractivity contribution in [3.63, 3.8) is 0 Å². The van der Waals surface area contributed by atoms with E-state index in [1.165, 1.54) is 16.9 Å². The molecule has 0 radical (unpaired) electrons. The maximum absolute atomic E-state index is 12.5. The van der Waals surface area contributed by atoms with Crippen LogP contribution >= 0.6 is 23.1 Å². The summed E-state index contributed by atoms with van der Waals surface area (Å²) in [5, 5.41) is 1.49. The Morgan fingerprint density at radius 3 is 3.09 bits per heavy atom. The lowest BCUT2D eigenvalue weighted by molar-refractivity contribution is 0.199. The van der Waals surface area contributed by atoms with E-state index in [0.717, 1.165) is 47.7 Å². The van der Waals surface area contributed by atoms with Gasteiger partial charge in [-0.15, -0.1) is 11.3 Å². The minimum absolute atomic E-state index is 0.0616. The molecule has 0 bridgehead atoms. The molecule has 118 valence electrons. The lowest BCUT2D eigenvalue weighted by Crippen LogP contribution is -2.44. The summed E-state index contributed by atoms with van der Waals surface area (Å²) in [5.41, 5.74) is 1.32. The van der Waals surface area contributed by atoms with E-state index in [1.54, 1.807) is 11.3 Å². The second-order valence-electron chi connectivity index (χ2n) is 6.34. The van der Waals surface area contributed by atoms with Crippen LogP contribution in [0, 0.1) is 0 Å². The van der Waals surface area contributed by atoms with E-state index < -0.39 is 0 Å². The zero-order valence-electron chi connectivity index (χ0n) is 13.0. The monoisotopic (exact) mass is 335 g/mol. The van der Waals surface area contributed by atoms with Crippen LogP contribution in [0.15, 0.2) is 4.79 Å². The van der Waals surface area contributed by atoms with Crippen molar-refractivity contribution >= 4 is 33.3 Å². The van der Waals surface area contributed by atoms with Gasteiger partial charge in [-0.2, -0.15) is 11.8 Å². The molecule has 0 saturated carbocycles. The van der Waals surface area contributed by atoms with Gasteiger partial charge in [-0.05, 0) is 31.7 Å². The summed E-state index contributed by atoms with van der Waals surface area (Å²) < 4.78 is 0. The van der Waals surface area contributed by atoms with Gasteiger partial charge < -0.3 is 4.98 Å². The Morgan fingerprint density at radius 1 is 1.36 bits per heavy atom. The number of thiophene rings is 1. The van der Waals surface area contributed by atoms with Gasteiger partial charge in [-0.25, -0.2) is 4.98 Å². The molecule has 0 aromatic carbocycles. The van der Waals surface area contributed by atoms with E-state index in [9.17, 15) is 4.79 Å². The Hall–Kier alpha value is -0.850. The van der Waals surface area contributed by atoms with Crippen LogP contribution in [0.4, 0.5) is 0 Å². The van der Waals surface area contributed by atoms with E-state index in [1.807, 2.05) is 11.8 Å². The Balaban J connectivity index is 1.67. The Kier molecular flexibility index (Phi) is 3.78. The molecule has 0 spiro atoms. The number of nitrogens with one attached hydrogen (secondary N) is 1. The first kappa shape index (κ1) is 14.7. The fourth-order valence-electron chi connectivity index (χ4n) is 3.53. The van der Waals surface area contributed by atoms with Crippen molar-refractivity contribution in [2.45, 2.75) is 50.9 Å². The maximum atomic E-state index is 12.5. The lowest BCUT2D eigenvalue weighted by atomic mass is 10.2. The molecule has 4 rings (SSSR count). The molecule has 2 atom stereocenters. The van der Waals surface area contributed by atoms with Gasteiger partial charge in [0, 0.05) is 28.5 Å². The average molecular weight is 335 g/mol. The van der Waals surface area contributed by atoms with E-state index in [-0.39, 0.29) is 5.56 Å². The van der Waals surface area contributed by atoms with Crippen LogP contribution in [0.3, 0.4) is 0 Å². The number of aromatic amines is 1. The molecule has 3 heterocycles. The fraction of sp³-hybridized carbons (Fsp3) is 0.625. The second-order valence-corrected chi connectivity index (χ2v) is 8.91. The summed E-state index contributed by atoms with van der Waals surface area (Å²) in [6, 6.07) is 0.521. The van der Waals surface area contributed by atoms with Crippen molar-refractivity contribution in [1.82, 2.24) is 14.9 Å². The van der Waals surface area contributed by atoms with Crippen molar-refractivity contribution in [3.05, 3.63) is 26.6 Å². The number of rotatable bonds is 2. The molecule has 1 saturated heterocycles. The van der Waals surface area contributed by atoms with E-state index in [2.05, 4.69) is 23.7 Å². The number of aryl methyl sites for hydroxylation is 2. The molecule has 1 aliphatic carbocycles. The van der Waals surface area contributed by atoms with Crippen LogP contribution in [0.25, 0.3) is 10.2 Å². The number of thioether (sulfide) groups is 1. The number of hydrogen-bond donors (Lipinski definition) is 1.